The molecule has 0 aliphatic carbocycles. The zero-order valence-electron chi connectivity index (χ0n) is 11.7. The average Bonchev–Trinajstić information content (AvgIpc) is 2.44. The molecule has 2 rings (SSSR count). The van der Waals surface area contributed by atoms with E-state index in [2.05, 4.69) is 10.5 Å². The zero-order valence-corrected chi connectivity index (χ0v) is 12.5. The number of phenols is 1. The van der Waals surface area contributed by atoms with Crippen molar-refractivity contribution in [2.24, 2.45) is 5.10 Å². The third kappa shape index (κ3) is 3.83. The first-order valence-electron chi connectivity index (χ1n) is 6.36. The fourth-order valence-corrected chi connectivity index (χ4v) is 2.11. The first kappa shape index (κ1) is 15.1. The van der Waals surface area contributed by atoms with Gasteiger partial charge < -0.3 is 5.11 Å². The number of amides is 1. The summed E-state index contributed by atoms with van der Waals surface area (Å²) in [5.74, 6) is -0.0592. The Bertz CT molecular complexity index is 688. The highest BCUT2D eigenvalue weighted by Gasteiger charge is 2.04. The average molecular weight is 303 g/mol. The van der Waals surface area contributed by atoms with E-state index < -0.39 is 0 Å². The van der Waals surface area contributed by atoms with E-state index in [1.165, 1.54) is 6.21 Å². The van der Waals surface area contributed by atoms with Crippen molar-refractivity contribution in [3.63, 3.8) is 0 Å². The van der Waals surface area contributed by atoms with Crippen LogP contribution in [0.3, 0.4) is 0 Å². The van der Waals surface area contributed by atoms with Crippen molar-refractivity contribution in [3.8, 4) is 5.75 Å². The first-order valence-corrected chi connectivity index (χ1v) is 6.74. The van der Waals surface area contributed by atoms with Crippen LogP contribution in [0.4, 0.5) is 0 Å². The van der Waals surface area contributed by atoms with Crippen LogP contribution in [-0.2, 0) is 0 Å². The van der Waals surface area contributed by atoms with Gasteiger partial charge in [0, 0.05) is 10.6 Å². The summed E-state index contributed by atoms with van der Waals surface area (Å²) in [5, 5.41) is 14.1. The minimum atomic E-state index is -0.332. The summed E-state index contributed by atoms with van der Waals surface area (Å²) in [7, 11) is 0. The molecule has 0 saturated carbocycles. The number of benzene rings is 2. The van der Waals surface area contributed by atoms with Crippen molar-refractivity contribution in [2.75, 3.05) is 0 Å². The van der Waals surface area contributed by atoms with Gasteiger partial charge in [-0.1, -0.05) is 17.7 Å². The molecule has 4 nitrogen and oxygen atoms in total. The lowest BCUT2D eigenvalue weighted by atomic mass is 10.1. The lowest BCUT2D eigenvalue weighted by Crippen LogP contribution is -2.17. The number of aromatic hydroxyl groups is 1. The van der Waals surface area contributed by atoms with Crippen molar-refractivity contribution in [1.29, 1.82) is 0 Å². The molecule has 1 amide bonds. The third-order valence-corrected chi connectivity index (χ3v) is 3.22. The number of hydrogen-bond acceptors (Lipinski definition) is 3. The molecule has 0 aromatic heterocycles. The van der Waals surface area contributed by atoms with Gasteiger partial charge >= 0.3 is 0 Å². The van der Waals surface area contributed by atoms with Gasteiger partial charge in [0.2, 0.25) is 0 Å². The maximum Gasteiger partial charge on any atom is 0.271 e. The molecular formula is C16H15ClN2O2. The summed E-state index contributed by atoms with van der Waals surface area (Å²) < 4.78 is 0. The highest BCUT2D eigenvalue weighted by Crippen LogP contribution is 2.21. The molecule has 21 heavy (non-hydrogen) atoms. The Kier molecular flexibility index (Phi) is 4.60. The first-order chi connectivity index (χ1) is 9.97. The molecule has 0 radical (unpaired) electrons. The summed E-state index contributed by atoms with van der Waals surface area (Å²) in [6.45, 7) is 3.62. The molecule has 0 atom stereocenters. The van der Waals surface area contributed by atoms with E-state index in [1.54, 1.807) is 36.4 Å². The smallest absolute Gasteiger partial charge is 0.271 e. The maximum absolute atomic E-state index is 11.9. The number of aryl methyl sites for hydroxylation is 2. The Balaban J connectivity index is 2.07. The minimum absolute atomic E-state index is 0.273. The van der Waals surface area contributed by atoms with Gasteiger partial charge in [0.05, 0.1) is 6.21 Å². The number of hydrogen-bond donors (Lipinski definition) is 2. The van der Waals surface area contributed by atoms with Gasteiger partial charge in [-0.05, 0) is 60.9 Å². The van der Waals surface area contributed by atoms with Crippen LogP contribution in [0.2, 0.25) is 5.02 Å². The molecule has 0 aliphatic rings. The predicted octanol–water partition coefficient (Wildman–Crippen LogP) is 3.43. The van der Waals surface area contributed by atoms with Crippen LogP contribution < -0.4 is 5.43 Å². The molecule has 2 aromatic rings. The fourth-order valence-electron chi connectivity index (χ4n) is 1.92. The molecule has 0 saturated heterocycles. The van der Waals surface area contributed by atoms with Crippen LogP contribution in [0.25, 0.3) is 0 Å². The van der Waals surface area contributed by atoms with E-state index in [-0.39, 0.29) is 11.7 Å². The SMILES string of the molecule is Cc1cc(C=NNC(=O)c2cccc(Cl)c2)cc(C)c1O. The largest absolute Gasteiger partial charge is 0.507 e. The standard InChI is InChI=1S/C16H15ClN2O2/c1-10-6-12(7-11(2)15(10)20)9-18-19-16(21)13-4-3-5-14(17)8-13/h3-9,20H,1-2H3,(H,19,21). The van der Waals surface area contributed by atoms with Crippen molar-refractivity contribution >= 4 is 23.7 Å². The van der Waals surface area contributed by atoms with Crippen molar-refractivity contribution in [1.82, 2.24) is 5.43 Å². The quantitative estimate of drug-likeness (QED) is 0.674. The molecule has 2 N–H and O–H groups in total. The van der Waals surface area contributed by atoms with Crippen LogP contribution in [0.1, 0.15) is 27.0 Å². The van der Waals surface area contributed by atoms with Gasteiger partial charge in [-0.2, -0.15) is 5.10 Å². The Morgan fingerprint density at radius 2 is 1.90 bits per heavy atom. The molecule has 5 heteroatoms. The summed E-state index contributed by atoms with van der Waals surface area (Å²) in [5.41, 5.74) is 5.20. The Morgan fingerprint density at radius 1 is 1.24 bits per heavy atom. The molecule has 0 spiro atoms. The number of carbonyl (C=O) groups excluding carboxylic acids is 1. The minimum Gasteiger partial charge on any atom is -0.507 e. The summed E-state index contributed by atoms with van der Waals surface area (Å²) >= 11 is 5.83. The molecule has 0 fully saturated rings. The fraction of sp³-hybridized carbons (Fsp3) is 0.125. The molecular weight excluding hydrogens is 288 g/mol. The third-order valence-electron chi connectivity index (χ3n) is 2.98. The highest BCUT2D eigenvalue weighted by molar-refractivity contribution is 6.30. The van der Waals surface area contributed by atoms with Gasteiger partial charge in [-0.25, -0.2) is 5.43 Å². The molecule has 0 heterocycles. The van der Waals surface area contributed by atoms with E-state index in [0.29, 0.717) is 10.6 Å². The lowest BCUT2D eigenvalue weighted by Gasteiger charge is -2.04. The summed E-state index contributed by atoms with van der Waals surface area (Å²) in [4.78, 5) is 11.9. The molecule has 0 aliphatic heterocycles. The van der Waals surface area contributed by atoms with Crippen LogP contribution in [0.5, 0.6) is 5.75 Å². The van der Waals surface area contributed by atoms with Crippen molar-refractivity contribution < 1.29 is 9.90 Å². The monoisotopic (exact) mass is 302 g/mol. The molecule has 2 aromatic carbocycles. The van der Waals surface area contributed by atoms with E-state index in [1.807, 2.05) is 13.8 Å². The number of hydrazone groups is 1. The summed E-state index contributed by atoms with van der Waals surface area (Å²) in [6.07, 6.45) is 1.53. The molecule has 0 bridgehead atoms. The van der Waals surface area contributed by atoms with E-state index in [4.69, 9.17) is 11.6 Å². The number of phenolic OH excluding ortho intramolecular Hbond substituents is 1. The number of carbonyl (C=O) groups is 1. The van der Waals surface area contributed by atoms with Gasteiger partial charge in [-0.3, -0.25) is 4.79 Å². The Morgan fingerprint density at radius 3 is 2.52 bits per heavy atom. The second-order valence-electron chi connectivity index (χ2n) is 4.71. The predicted molar refractivity (Wildman–Crippen MR) is 84.1 cm³/mol. The van der Waals surface area contributed by atoms with E-state index in [0.717, 1.165) is 16.7 Å². The highest BCUT2D eigenvalue weighted by atomic mass is 35.5. The lowest BCUT2D eigenvalue weighted by molar-refractivity contribution is 0.0955. The van der Waals surface area contributed by atoms with Gasteiger partial charge in [0.25, 0.3) is 5.91 Å². The number of nitrogens with zero attached hydrogens (tertiary/aromatic N) is 1. The number of nitrogens with one attached hydrogen (secondary N) is 1. The van der Waals surface area contributed by atoms with E-state index in [9.17, 15) is 9.90 Å². The molecule has 108 valence electrons. The normalized spacial score (nSPS) is 10.8. The topological polar surface area (TPSA) is 61.7 Å². The Hall–Kier alpha value is -2.33. The van der Waals surface area contributed by atoms with Crippen LogP contribution in [-0.4, -0.2) is 17.2 Å². The van der Waals surface area contributed by atoms with Gasteiger partial charge in [-0.15, -0.1) is 0 Å². The van der Waals surface area contributed by atoms with Gasteiger partial charge in [0.1, 0.15) is 5.75 Å². The second kappa shape index (κ2) is 6.41. The van der Waals surface area contributed by atoms with Gasteiger partial charge in [0.15, 0.2) is 0 Å². The van der Waals surface area contributed by atoms with Crippen molar-refractivity contribution in [2.45, 2.75) is 13.8 Å². The number of halogens is 1. The number of rotatable bonds is 3. The Labute approximate surface area is 128 Å². The van der Waals surface area contributed by atoms with E-state index >= 15 is 0 Å². The second-order valence-corrected chi connectivity index (χ2v) is 5.15. The molecule has 0 unspecified atom stereocenters. The van der Waals surface area contributed by atoms with Crippen LogP contribution >= 0.6 is 11.6 Å². The van der Waals surface area contributed by atoms with Crippen LogP contribution in [0, 0.1) is 13.8 Å². The van der Waals surface area contributed by atoms with Crippen molar-refractivity contribution in [3.05, 3.63) is 63.7 Å². The van der Waals surface area contributed by atoms with Crippen LogP contribution in [0.15, 0.2) is 41.5 Å². The zero-order chi connectivity index (χ0) is 15.4. The maximum atomic E-state index is 11.9. The summed E-state index contributed by atoms with van der Waals surface area (Å²) in [6, 6.07) is 10.2.